The van der Waals surface area contributed by atoms with Crippen molar-refractivity contribution in [1.82, 2.24) is 9.55 Å². The van der Waals surface area contributed by atoms with E-state index in [0.29, 0.717) is 13.3 Å². The van der Waals surface area contributed by atoms with Gasteiger partial charge in [0.25, 0.3) is 0 Å². The smallest absolute Gasteiger partial charge is 0.124 e. The summed E-state index contributed by atoms with van der Waals surface area (Å²) in [6, 6.07) is 12.2. The van der Waals surface area contributed by atoms with Gasteiger partial charge < -0.3 is 14.4 Å². The van der Waals surface area contributed by atoms with Crippen LogP contribution in [0.25, 0.3) is 21.5 Å². The molecule has 0 spiro atoms. The molecule has 21 heavy (non-hydrogen) atoms. The highest BCUT2D eigenvalue weighted by molar-refractivity contribution is 7.74. The van der Waals surface area contributed by atoms with Crippen molar-refractivity contribution in [2.75, 3.05) is 13.2 Å². The number of nitrogens with zero attached hydrogens (tertiary/aromatic N) is 2. The third kappa shape index (κ3) is 3.03. The molecule has 2 aromatic heterocycles. The van der Waals surface area contributed by atoms with E-state index in [4.69, 9.17) is 22.1 Å². The van der Waals surface area contributed by atoms with E-state index in [1.165, 1.54) is 0 Å². The van der Waals surface area contributed by atoms with Crippen LogP contribution in [0.2, 0.25) is 0 Å². The van der Waals surface area contributed by atoms with Gasteiger partial charge in [-0.05, 0) is 11.6 Å². The monoisotopic (exact) mass is 318 g/mol. The van der Waals surface area contributed by atoms with Gasteiger partial charge in [-0.1, -0.05) is 42.5 Å². The fourth-order valence-corrected chi connectivity index (χ4v) is 3.38. The summed E-state index contributed by atoms with van der Waals surface area (Å²) < 4.78 is 8.04. The number of hydrogen-bond donors (Lipinski definition) is 1. The fraction of sp³-hybridized carbons (Fsp3) is 0.200. The van der Waals surface area contributed by atoms with Crippen molar-refractivity contribution in [3.63, 3.8) is 0 Å². The second-order valence-corrected chi connectivity index (χ2v) is 6.19. The van der Waals surface area contributed by atoms with Gasteiger partial charge in [-0.25, -0.2) is 4.98 Å². The van der Waals surface area contributed by atoms with Gasteiger partial charge >= 0.3 is 0 Å². The van der Waals surface area contributed by atoms with E-state index in [0.717, 1.165) is 25.3 Å². The van der Waals surface area contributed by atoms with Crippen LogP contribution in [0.3, 0.4) is 0 Å². The molecule has 3 rings (SSSR count). The second kappa shape index (κ2) is 6.44. The first kappa shape index (κ1) is 14.3. The molecule has 0 fully saturated rings. The third-order valence-electron chi connectivity index (χ3n) is 3.07. The summed E-state index contributed by atoms with van der Waals surface area (Å²) in [6.45, 7) is 0.673. The summed E-state index contributed by atoms with van der Waals surface area (Å²) in [6.07, 6.45) is 1.72. The van der Waals surface area contributed by atoms with Crippen LogP contribution in [0.5, 0.6) is 0 Å². The molecule has 108 valence electrons. The van der Waals surface area contributed by atoms with Crippen molar-refractivity contribution in [1.29, 1.82) is 0 Å². The molecule has 1 aromatic carbocycles. The van der Waals surface area contributed by atoms with Crippen molar-refractivity contribution in [2.24, 2.45) is 0 Å². The van der Waals surface area contributed by atoms with Crippen LogP contribution in [0.4, 0.5) is 0 Å². The third-order valence-corrected chi connectivity index (χ3v) is 4.46. The zero-order valence-electron chi connectivity index (χ0n) is 11.2. The molecule has 0 aliphatic rings. The Bertz CT molecular complexity index is 796. The number of imidazole rings is 1. The zero-order chi connectivity index (χ0) is 14.7. The summed E-state index contributed by atoms with van der Waals surface area (Å²) in [7, 11) is 0. The number of benzene rings is 1. The maximum absolute atomic E-state index is 8.78. The lowest BCUT2D eigenvalue weighted by molar-refractivity contribution is 0.0501. The van der Waals surface area contributed by atoms with Crippen LogP contribution in [0, 0.1) is 3.82 Å². The predicted molar refractivity (Wildman–Crippen MR) is 86.9 cm³/mol. The highest BCUT2D eigenvalue weighted by Gasteiger charge is 2.08. The number of fused-ring (bicyclic) bond motifs is 1. The Morgan fingerprint density at radius 3 is 2.86 bits per heavy atom. The van der Waals surface area contributed by atoms with Crippen LogP contribution in [0.1, 0.15) is 0 Å². The highest BCUT2D eigenvalue weighted by atomic mass is 32.1. The Hall–Kier alpha value is -1.60. The normalized spacial score (nSPS) is 11.1. The minimum Gasteiger partial charge on any atom is -0.394 e. The lowest BCUT2D eigenvalue weighted by Crippen LogP contribution is -2.04. The molecule has 0 atom stereocenters. The van der Waals surface area contributed by atoms with Crippen molar-refractivity contribution in [3.8, 4) is 10.4 Å². The largest absolute Gasteiger partial charge is 0.394 e. The van der Waals surface area contributed by atoms with Gasteiger partial charge in [0, 0.05) is 4.88 Å². The Morgan fingerprint density at radius 1 is 1.29 bits per heavy atom. The lowest BCUT2D eigenvalue weighted by Gasteiger charge is -2.06. The molecule has 0 aliphatic carbocycles. The molecule has 3 aromatic rings. The maximum atomic E-state index is 8.78. The molecular formula is C15H14N2O2S2. The van der Waals surface area contributed by atoms with E-state index in [1.54, 1.807) is 17.7 Å². The van der Waals surface area contributed by atoms with Gasteiger partial charge in [-0.2, -0.15) is 0 Å². The molecule has 0 aliphatic heterocycles. The molecule has 0 amide bonds. The van der Waals surface area contributed by atoms with Crippen molar-refractivity contribution in [3.05, 3.63) is 46.5 Å². The molecular weight excluding hydrogens is 304 g/mol. The molecule has 1 N–H and O–H groups in total. The standard InChI is InChI=1S/C15H14N2O2S2/c18-6-7-19-10-17-9-16-14-12(17)8-13(21-15(14)20)11-4-2-1-3-5-11/h1-5,8-9,18H,6-7,10H2. The van der Waals surface area contributed by atoms with Crippen LogP contribution < -0.4 is 0 Å². The van der Waals surface area contributed by atoms with Gasteiger partial charge in [0.05, 0.1) is 25.1 Å². The van der Waals surface area contributed by atoms with E-state index in [2.05, 4.69) is 23.2 Å². The maximum Gasteiger partial charge on any atom is 0.124 e. The van der Waals surface area contributed by atoms with E-state index < -0.39 is 0 Å². The minimum atomic E-state index is 0.0102. The van der Waals surface area contributed by atoms with E-state index >= 15 is 0 Å². The fourth-order valence-electron chi connectivity index (χ4n) is 2.08. The molecule has 4 nitrogen and oxygen atoms in total. The van der Waals surface area contributed by atoms with Gasteiger partial charge in [-0.3, -0.25) is 0 Å². The average molecular weight is 318 g/mol. The molecule has 0 saturated heterocycles. The first-order chi connectivity index (χ1) is 10.3. The number of hydrogen-bond acceptors (Lipinski definition) is 5. The molecule has 0 saturated carbocycles. The molecule has 0 unspecified atom stereocenters. The van der Waals surface area contributed by atoms with E-state index in [-0.39, 0.29) is 6.61 Å². The molecule has 6 heteroatoms. The number of aliphatic hydroxyl groups is 1. The number of aromatic nitrogens is 2. The van der Waals surface area contributed by atoms with Gasteiger partial charge in [0.2, 0.25) is 0 Å². The topological polar surface area (TPSA) is 47.3 Å². The highest BCUT2D eigenvalue weighted by Crippen LogP contribution is 2.29. The summed E-state index contributed by atoms with van der Waals surface area (Å²) in [4.78, 5) is 5.47. The SMILES string of the molecule is OCCOCn1cnc2c(=S)sc(-c3ccccc3)cc21. The predicted octanol–water partition coefficient (Wildman–Crippen LogP) is 3.46. The number of ether oxygens (including phenoxy) is 1. The van der Waals surface area contributed by atoms with Crippen LogP contribution >= 0.6 is 23.6 Å². The Morgan fingerprint density at radius 2 is 2.10 bits per heavy atom. The van der Waals surface area contributed by atoms with Gasteiger partial charge in [0.1, 0.15) is 16.1 Å². The van der Waals surface area contributed by atoms with Gasteiger partial charge in [-0.15, -0.1) is 11.3 Å². The van der Waals surface area contributed by atoms with Crippen molar-refractivity contribution >= 4 is 34.6 Å². The van der Waals surface area contributed by atoms with Crippen molar-refractivity contribution < 1.29 is 9.84 Å². The molecule has 2 heterocycles. The van der Waals surface area contributed by atoms with Crippen LogP contribution in [0.15, 0.2) is 42.7 Å². The second-order valence-electron chi connectivity index (χ2n) is 4.47. The Labute approximate surface area is 131 Å². The van der Waals surface area contributed by atoms with E-state index in [9.17, 15) is 0 Å². The average Bonchev–Trinajstić information content (AvgIpc) is 2.92. The Kier molecular flexibility index (Phi) is 4.40. The first-order valence-electron chi connectivity index (χ1n) is 6.52. The number of aliphatic hydroxyl groups excluding tert-OH is 1. The lowest BCUT2D eigenvalue weighted by atomic mass is 10.2. The van der Waals surface area contributed by atoms with Crippen LogP contribution in [-0.2, 0) is 11.5 Å². The molecule has 0 radical (unpaired) electrons. The number of rotatable bonds is 5. The van der Waals surface area contributed by atoms with Crippen LogP contribution in [-0.4, -0.2) is 27.9 Å². The van der Waals surface area contributed by atoms with E-state index in [1.807, 2.05) is 22.8 Å². The summed E-state index contributed by atoms with van der Waals surface area (Å²) in [5.74, 6) is 0. The quantitative estimate of drug-likeness (QED) is 0.578. The van der Waals surface area contributed by atoms with Crippen molar-refractivity contribution in [2.45, 2.75) is 6.73 Å². The first-order valence-corrected chi connectivity index (χ1v) is 7.75. The Balaban J connectivity index is 2.05. The van der Waals surface area contributed by atoms with Gasteiger partial charge in [0.15, 0.2) is 0 Å². The summed E-state index contributed by atoms with van der Waals surface area (Å²) >= 11 is 7.01. The molecule has 0 bridgehead atoms. The zero-order valence-corrected chi connectivity index (χ0v) is 12.9. The summed E-state index contributed by atoms with van der Waals surface area (Å²) in [5, 5.41) is 8.78. The summed E-state index contributed by atoms with van der Waals surface area (Å²) in [5.41, 5.74) is 2.91. The minimum absolute atomic E-state index is 0.0102.